The number of halogens is 8. The number of anilines is 1. The number of carbonyl (C=O) groups is 1. The third-order valence-corrected chi connectivity index (χ3v) is 5.61. The minimum absolute atomic E-state index is 0.375. The Morgan fingerprint density at radius 1 is 1.22 bits per heavy atom. The van der Waals surface area contributed by atoms with Gasteiger partial charge in [-0.2, -0.15) is 31.6 Å². The minimum Gasteiger partial charge on any atom is -0.307 e. The second-order valence-corrected chi connectivity index (χ2v) is 7.56. The predicted octanol–water partition coefficient (Wildman–Crippen LogP) is 2.68. The van der Waals surface area contributed by atoms with Gasteiger partial charge < -0.3 is 5.73 Å². The molecule has 1 saturated heterocycles. The summed E-state index contributed by atoms with van der Waals surface area (Å²) in [6.45, 7) is 0. The Morgan fingerprint density at radius 3 is 2.07 bits per heavy atom. The highest BCUT2D eigenvalue weighted by atomic mass is 35.5. The van der Waals surface area contributed by atoms with Crippen molar-refractivity contribution >= 4 is 45.6 Å². The van der Waals surface area contributed by atoms with Crippen LogP contribution >= 0.6 is 23.2 Å². The van der Waals surface area contributed by atoms with Gasteiger partial charge in [0.05, 0.1) is 27.4 Å². The van der Waals surface area contributed by atoms with Gasteiger partial charge in [0.15, 0.2) is 10.8 Å². The van der Waals surface area contributed by atoms with Crippen molar-refractivity contribution in [3.8, 4) is 6.07 Å². The van der Waals surface area contributed by atoms with E-state index in [1.807, 2.05) is 0 Å². The summed E-state index contributed by atoms with van der Waals surface area (Å²) in [5.74, 6) is -1.68. The number of hydrogen-bond donors (Lipinski definition) is 2. The molecule has 0 aliphatic carbocycles. The van der Waals surface area contributed by atoms with Gasteiger partial charge in [0.1, 0.15) is 6.17 Å². The Labute approximate surface area is 159 Å². The van der Waals surface area contributed by atoms with Crippen LogP contribution in [0.3, 0.4) is 0 Å². The number of hydrazine groups is 1. The summed E-state index contributed by atoms with van der Waals surface area (Å²) in [5, 5.41) is 8.05. The Morgan fingerprint density at radius 2 is 1.70 bits per heavy atom. The number of carbonyl (C=O) groups excluding carboxylic acids is 1. The Hall–Kier alpha value is -1.75. The molecule has 15 heteroatoms. The van der Waals surface area contributed by atoms with Crippen LogP contribution < -0.4 is 16.2 Å². The van der Waals surface area contributed by atoms with Crippen molar-refractivity contribution < 1.29 is 35.3 Å². The molecule has 1 aromatic carbocycles. The number of hydrogen-bond acceptors (Lipinski definition) is 5. The fourth-order valence-electron chi connectivity index (χ4n) is 2.27. The second-order valence-electron chi connectivity index (χ2n) is 5.10. The molecule has 1 heterocycles. The van der Waals surface area contributed by atoms with Crippen molar-refractivity contribution in [3.05, 3.63) is 27.7 Å². The van der Waals surface area contributed by atoms with Gasteiger partial charge in [0.2, 0.25) is 0 Å². The second kappa shape index (κ2) is 6.69. The number of nitrogens with two attached hydrogens (primary N) is 1. The van der Waals surface area contributed by atoms with E-state index in [4.69, 9.17) is 34.2 Å². The molecule has 1 aromatic rings. The average Bonchev–Trinajstić information content (AvgIpc) is 2.76. The lowest BCUT2D eigenvalue weighted by Crippen LogP contribution is -2.58. The highest BCUT2D eigenvalue weighted by Gasteiger charge is 2.66. The zero-order valence-corrected chi connectivity index (χ0v) is 14.8. The molecule has 148 valence electrons. The van der Waals surface area contributed by atoms with Crippen molar-refractivity contribution in [2.75, 3.05) is 5.01 Å². The van der Waals surface area contributed by atoms with Gasteiger partial charge in [0, 0.05) is 0 Å². The topological polar surface area (TPSA) is 99.2 Å². The molecule has 1 aliphatic rings. The van der Waals surface area contributed by atoms with Crippen molar-refractivity contribution in [3.63, 3.8) is 0 Å². The maximum Gasteiger partial charge on any atom is 0.473 e. The van der Waals surface area contributed by atoms with E-state index in [1.165, 1.54) is 0 Å². The first-order valence-corrected chi connectivity index (χ1v) is 8.40. The molecule has 0 spiro atoms. The molecule has 0 aromatic heterocycles. The Bertz CT molecular complexity index is 848. The van der Waals surface area contributed by atoms with E-state index in [0.717, 1.165) is 6.07 Å². The van der Waals surface area contributed by atoms with Crippen LogP contribution in [0.15, 0.2) is 12.1 Å². The molecule has 0 radical (unpaired) electrons. The fourth-order valence-corrected chi connectivity index (χ4v) is 3.92. The first-order chi connectivity index (χ1) is 12.2. The first-order valence-electron chi connectivity index (χ1n) is 6.50. The van der Waals surface area contributed by atoms with E-state index in [2.05, 4.69) is 0 Å². The Balaban J connectivity index is 2.60. The third-order valence-electron chi connectivity index (χ3n) is 3.51. The number of amides is 1. The summed E-state index contributed by atoms with van der Waals surface area (Å²) in [7, 11) is -4.06. The van der Waals surface area contributed by atoms with E-state index in [1.54, 1.807) is 5.43 Å². The van der Waals surface area contributed by atoms with Crippen LogP contribution in [0, 0.1) is 11.3 Å². The van der Waals surface area contributed by atoms with Gasteiger partial charge in [0.25, 0.3) is 10.7 Å². The summed E-state index contributed by atoms with van der Waals surface area (Å²) >= 11 is 11.5. The molecule has 0 bridgehead atoms. The lowest BCUT2D eigenvalue weighted by atomic mass is 10.1. The molecule has 1 aliphatic heterocycles. The lowest BCUT2D eigenvalue weighted by Gasteiger charge is -2.29. The lowest BCUT2D eigenvalue weighted by molar-refractivity contribution is -0.137. The number of nitrogens with zero attached hydrogens (tertiary/aromatic N) is 2. The largest absolute Gasteiger partial charge is 0.473 e. The quantitative estimate of drug-likeness (QED) is 0.669. The first kappa shape index (κ1) is 21.5. The molecule has 6 nitrogen and oxygen atoms in total. The monoisotopic (exact) mass is 454 g/mol. The Kier molecular flexibility index (Phi) is 5.34. The van der Waals surface area contributed by atoms with E-state index in [-0.39, 0.29) is 0 Å². The highest BCUT2D eigenvalue weighted by Crippen LogP contribution is 2.43. The van der Waals surface area contributed by atoms with Gasteiger partial charge in [-0.05, 0) is 12.1 Å². The van der Waals surface area contributed by atoms with Crippen LogP contribution in [0.4, 0.5) is 32.0 Å². The van der Waals surface area contributed by atoms with Crippen molar-refractivity contribution in [1.82, 2.24) is 5.43 Å². The summed E-state index contributed by atoms with van der Waals surface area (Å²) in [5.41, 5.74) is -0.0479. The standard InChI is InChI=1S/C12H6Cl2F6N4O2S/c13-5-1-4(11(15,16)17)2-6(14)7(5)24-8(22)10(3-21,9(25)23-24)27(26)12(18,19)20/h1-2,8H,22H2,(H,23,25). The number of benzene rings is 1. The molecule has 1 fully saturated rings. The number of nitrogens with one attached hydrogen (secondary N) is 1. The van der Waals surface area contributed by atoms with Crippen LogP contribution in [0.1, 0.15) is 5.56 Å². The zero-order chi connectivity index (χ0) is 20.9. The van der Waals surface area contributed by atoms with Crippen LogP contribution in [-0.2, 0) is 21.8 Å². The molecule has 2 rings (SSSR count). The number of rotatable bonds is 2. The summed E-state index contributed by atoms with van der Waals surface area (Å²) in [6.07, 6.45) is -7.07. The van der Waals surface area contributed by atoms with Gasteiger partial charge >= 0.3 is 11.7 Å². The molecule has 3 N–H and O–H groups in total. The van der Waals surface area contributed by atoms with E-state index in [9.17, 15) is 35.3 Å². The molecule has 3 unspecified atom stereocenters. The van der Waals surface area contributed by atoms with Gasteiger partial charge in [-0.3, -0.25) is 15.2 Å². The summed E-state index contributed by atoms with van der Waals surface area (Å²) in [6, 6.07) is 1.79. The molecule has 0 saturated carbocycles. The smallest absolute Gasteiger partial charge is 0.307 e. The molecule has 27 heavy (non-hydrogen) atoms. The molecule has 3 atom stereocenters. The summed E-state index contributed by atoms with van der Waals surface area (Å²) < 4.78 is 85.4. The maximum absolute atomic E-state index is 12.9. The maximum atomic E-state index is 12.9. The van der Waals surface area contributed by atoms with E-state index < -0.39 is 60.6 Å². The van der Waals surface area contributed by atoms with Crippen molar-refractivity contribution in [2.24, 2.45) is 5.73 Å². The van der Waals surface area contributed by atoms with Gasteiger partial charge in [-0.1, -0.05) is 23.2 Å². The van der Waals surface area contributed by atoms with E-state index >= 15 is 0 Å². The van der Waals surface area contributed by atoms with Crippen molar-refractivity contribution in [1.29, 1.82) is 5.26 Å². The van der Waals surface area contributed by atoms with E-state index in [0.29, 0.717) is 17.1 Å². The fraction of sp³-hybridized carbons (Fsp3) is 0.333. The summed E-state index contributed by atoms with van der Waals surface area (Å²) in [4.78, 5) is 12.0. The van der Waals surface area contributed by atoms with Crippen LogP contribution in [0.25, 0.3) is 0 Å². The molecular formula is C12H6Cl2F6N4O2S. The highest BCUT2D eigenvalue weighted by molar-refractivity contribution is 7.88. The zero-order valence-electron chi connectivity index (χ0n) is 12.5. The van der Waals surface area contributed by atoms with Crippen LogP contribution in [0.5, 0.6) is 0 Å². The SMILES string of the molecule is N#CC1(S(=O)C(F)(F)F)C(=O)NN(c2c(Cl)cc(C(F)(F)F)cc2Cl)C1N. The van der Waals surface area contributed by atoms with Crippen LogP contribution in [0.2, 0.25) is 10.0 Å². The van der Waals surface area contributed by atoms with Gasteiger partial charge in [-0.25, -0.2) is 4.21 Å². The predicted molar refractivity (Wildman–Crippen MR) is 82.6 cm³/mol. The van der Waals surface area contributed by atoms with Crippen LogP contribution in [-0.4, -0.2) is 26.5 Å². The average molecular weight is 455 g/mol. The molecular weight excluding hydrogens is 449 g/mol. The molecule has 1 amide bonds. The third kappa shape index (κ3) is 3.42. The number of nitriles is 1. The van der Waals surface area contributed by atoms with Gasteiger partial charge in [-0.15, -0.1) is 0 Å². The normalized spacial score (nSPS) is 24.5. The van der Waals surface area contributed by atoms with Crippen molar-refractivity contribution in [2.45, 2.75) is 22.6 Å². The number of alkyl halides is 6. The minimum atomic E-state index is -5.48.